The highest BCUT2D eigenvalue weighted by atomic mass is 16.3. The lowest BCUT2D eigenvalue weighted by atomic mass is 9.84. The molecule has 2 aromatic rings. The number of nitrogens with zero attached hydrogens (tertiary/aromatic N) is 2. The molecule has 1 fully saturated rings. The van der Waals surface area contributed by atoms with E-state index in [0.29, 0.717) is 12.8 Å². The fourth-order valence-electron chi connectivity index (χ4n) is 3.19. The zero-order valence-corrected chi connectivity index (χ0v) is 12.5. The Morgan fingerprint density at radius 2 is 1.50 bits per heavy atom. The number of hydrogen-bond acceptors (Lipinski definition) is 3. The second-order valence-corrected chi connectivity index (χ2v) is 5.88. The van der Waals surface area contributed by atoms with E-state index in [2.05, 4.69) is 11.0 Å². The van der Waals surface area contributed by atoms with Gasteiger partial charge in [0.1, 0.15) is 6.04 Å². The monoisotopic (exact) mass is 292 g/mol. The lowest BCUT2D eigenvalue weighted by Gasteiger charge is -2.40. The highest BCUT2D eigenvalue weighted by Gasteiger charge is 2.36. The molecular formula is C19H20N2O. The van der Waals surface area contributed by atoms with Crippen LogP contribution >= 0.6 is 0 Å². The predicted molar refractivity (Wildman–Crippen MR) is 85.9 cm³/mol. The van der Waals surface area contributed by atoms with Crippen LogP contribution in [-0.4, -0.2) is 23.1 Å². The van der Waals surface area contributed by atoms with Gasteiger partial charge in [-0.25, -0.2) is 0 Å². The predicted octanol–water partition coefficient (Wildman–Crippen LogP) is 3.23. The molecule has 112 valence electrons. The molecule has 1 N–H and O–H groups in total. The average Bonchev–Trinajstić information content (AvgIpc) is 2.59. The maximum Gasteiger partial charge on any atom is 0.123 e. The Labute approximate surface area is 131 Å². The molecule has 0 aliphatic carbocycles. The van der Waals surface area contributed by atoms with Crippen LogP contribution in [0.15, 0.2) is 60.7 Å². The van der Waals surface area contributed by atoms with Gasteiger partial charge < -0.3 is 5.11 Å². The van der Waals surface area contributed by atoms with E-state index in [1.165, 1.54) is 0 Å². The van der Waals surface area contributed by atoms with Crippen molar-refractivity contribution in [3.05, 3.63) is 71.8 Å². The van der Waals surface area contributed by atoms with Crippen molar-refractivity contribution >= 4 is 0 Å². The highest BCUT2D eigenvalue weighted by molar-refractivity contribution is 5.26. The van der Waals surface area contributed by atoms with Crippen molar-refractivity contribution < 1.29 is 5.11 Å². The second-order valence-electron chi connectivity index (χ2n) is 5.88. The number of likely N-dealkylation sites (tertiary alicyclic amines) is 1. The molecule has 0 radical (unpaired) electrons. The first-order valence-electron chi connectivity index (χ1n) is 7.69. The van der Waals surface area contributed by atoms with Gasteiger partial charge in [-0.15, -0.1) is 0 Å². The summed E-state index contributed by atoms with van der Waals surface area (Å²) in [6, 6.07) is 21.9. The second kappa shape index (κ2) is 6.31. The first-order valence-corrected chi connectivity index (χ1v) is 7.69. The van der Waals surface area contributed by atoms with E-state index in [9.17, 15) is 10.4 Å². The minimum Gasteiger partial charge on any atom is -0.385 e. The van der Waals surface area contributed by atoms with Gasteiger partial charge in [0.05, 0.1) is 11.7 Å². The molecule has 1 aliphatic rings. The summed E-state index contributed by atoms with van der Waals surface area (Å²) in [5.41, 5.74) is 1.23. The third-order valence-corrected chi connectivity index (χ3v) is 4.54. The van der Waals surface area contributed by atoms with Crippen LogP contribution in [-0.2, 0) is 5.60 Å². The van der Waals surface area contributed by atoms with Gasteiger partial charge in [0.2, 0.25) is 0 Å². The van der Waals surface area contributed by atoms with Crippen LogP contribution in [0.3, 0.4) is 0 Å². The van der Waals surface area contributed by atoms with Crippen LogP contribution in [0.25, 0.3) is 0 Å². The quantitative estimate of drug-likeness (QED) is 0.944. The highest BCUT2D eigenvalue weighted by Crippen LogP contribution is 2.35. The minimum atomic E-state index is -0.769. The molecule has 0 bridgehead atoms. The Morgan fingerprint density at radius 1 is 0.955 bits per heavy atom. The molecule has 0 saturated carbocycles. The molecule has 1 saturated heterocycles. The van der Waals surface area contributed by atoms with Gasteiger partial charge in [0.25, 0.3) is 0 Å². The average molecular weight is 292 g/mol. The van der Waals surface area contributed by atoms with Crippen molar-refractivity contribution in [1.82, 2.24) is 4.90 Å². The number of piperidine rings is 1. The summed E-state index contributed by atoms with van der Waals surface area (Å²) in [5.74, 6) is 0. The van der Waals surface area contributed by atoms with E-state index in [-0.39, 0.29) is 6.04 Å². The van der Waals surface area contributed by atoms with E-state index in [4.69, 9.17) is 0 Å². The summed E-state index contributed by atoms with van der Waals surface area (Å²) < 4.78 is 0. The zero-order chi connectivity index (χ0) is 15.4. The lowest BCUT2D eigenvalue weighted by molar-refractivity contribution is -0.0312. The molecule has 22 heavy (non-hydrogen) atoms. The Kier molecular flexibility index (Phi) is 4.24. The summed E-state index contributed by atoms with van der Waals surface area (Å²) in [7, 11) is 0. The molecule has 1 aliphatic heterocycles. The molecule has 3 nitrogen and oxygen atoms in total. The normalized spacial score (nSPS) is 19.3. The zero-order valence-electron chi connectivity index (χ0n) is 12.5. The van der Waals surface area contributed by atoms with Crippen molar-refractivity contribution in [3.8, 4) is 6.07 Å². The molecule has 1 atom stereocenters. The number of benzene rings is 2. The van der Waals surface area contributed by atoms with Gasteiger partial charge in [-0.05, 0) is 24.0 Å². The molecule has 3 heteroatoms. The Morgan fingerprint density at radius 3 is 2.05 bits per heavy atom. The molecule has 3 rings (SSSR count). The Bertz CT molecular complexity index is 640. The van der Waals surface area contributed by atoms with Gasteiger partial charge in [-0.2, -0.15) is 5.26 Å². The van der Waals surface area contributed by atoms with Crippen molar-refractivity contribution in [2.24, 2.45) is 0 Å². The smallest absolute Gasteiger partial charge is 0.123 e. The molecular weight excluding hydrogens is 272 g/mol. The van der Waals surface area contributed by atoms with Gasteiger partial charge in [0.15, 0.2) is 0 Å². The molecule has 0 spiro atoms. The standard InChI is InChI=1S/C19H20N2O/c20-15-18(16-7-3-1-4-8-16)21-13-11-19(22,12-14-21)17-9-5-2-6-10-17/h1-10,18,22H,11-14H2. The third-order valence-electron chi connectivity index (χ3n) is 4.54. The number of aliphatic hydroxyl groups is 1. The van der Waals surface area contributed by atoms with Crippen LogP contribution in [0.2, 0.25) is 0 Å². The van der Waals surface area contributed by atoms with E-state index >= 15 is 0 Å². The largest absolute Gasteiger partial charge is 0.385 e. The summed E-state index contributed by atoms with van der Waals surface area (Å²) >= 11 is 0. The van der Waals surface area contributed by atoms with Gasteiger partial charge in [0, 0.05) is 13.1 Å². The maximum absolute atomic E-state index is 10.9. The molecule has 0 aromatic heterocycles. The summed E-state index contributed by atoms with van der Waals surface area (Å²) in [6.45, 7) is 1.44. The van der Waals surface area contributed by atoms with E-state index in [1.807, 2.05) is 60.7 Å². The molecule has 0 amide bonds. The van der Waals surface area contributed by atoms with Crippen LogP contribution in [0.4, 0.5) is 0 Å². The van der Waals surface area contributed by atoms with Gasteiger partial charge >= 0.3 is 0 Å². The minimum absolute atomic E-state index is 0.235. The Hall–Kier alpha value is -2.15. The molecule has 1 unspecified atom stereocenters. The number of hydrogen-bond donors (Lipinski definition) is 1. The van der Waals surface area contributed by atoms with E-state index < -0.39 is 5.60 Å². The molecule has 2 aromatic carbocycles. The summed E-state index contributed by atoms with van der Waals surface area (Å²) in [4.78, 5) is 2.16. The fraction of sp³-hybridized carbons (Fsp3) is 0.316. The van der Waals surface area contributed by atoms with Crippen molar-refractivity contribution in [3.63, 3.8) is 0 Å². The SMILES string of the molecule is N#CC(c1ccccc1)N1CCC(O)(c2ccccc2)CC1. The van der Waals surface area contributed by atoms with Crippen LogP contribution in [0.1, 0.15) is 30.0 Å². The van der Waals surface area contributed by atoms with Crippen LogP contribution < -0.4 is 0 Å². The van der Waals surface area contributed by atoms with Crippen LogP contribution in [0, 0.1) is 11.3 Å². The van der Waals surface area contributed by atoms with E-state index in [0.717, 1.165) is 24.2 Å². The van der Waals surface area contributed by atoms with Crippen molar-refractivity contribution in [2.75, 3.05) is 13.1 Å². The summed E-state index contributed by atoms with van der Waals surface area (Å²) in [6.07, 6.45) is 1.31. The maximum atomic E-state index is 10.9. The number of nitriles is 1. The lowest BCUT2D eigenvalue weighted by Crippen LogP contribution is -2.43. The van der Waals surface area contributed by atoms with Crippen LogP contribution in [0.5, 0.6) is 0 Å². The first-order chi connectivity index (χ1) is 10.7. The summed E-state index contributed by atoms with van der Waals surface area (Å²) in [5, 5.41) is 20.4. The first kappa shape index (κ1) is 14.8. The van der Waals surface area contributed by atoms with Crippen molar-refractivity contribution in [1.29, 1.82) is 5.26 Å². The Balaban J connectivity index is 1.73. The fourth-order valence-corrected chi connectivity index (χ4v) is 3.19. The third kappa shape index (κ3) is 2.89. The topological polar surface area (TPSA) is 47.3 Å². The molecule has 1 heterocycles. The van der Waals surface area contributed by atoms with Crippen molar-refractivity contribution in [2.45, 2.75) is 24.5 Å². The van der Waals surface area contributed by atoms with Gasteiger partial charge in [-0.3, -0.25) is 4.90 Å². The van der Waals surface area contributed by atoms with Gasteiger partial charge in [-0.1, -0.05) is 60.7 Å². The van der Waals surface area contributed by atoms with E-state index in [1.54, 1.807) is 0 Å². The number of rotatable bonds is 3.